The van der Waals surface area contributed by atoms with Crippen molar-refractivity contribution in [3.8, 4) is 22.9 Å². The Morgan fingerprint density at radius 3 is 2.72 bits per heavy atom. The van der Waals surface area contributed by atoms with Crippen LogP contribution in [0.5, 0.6) is 11.5 Å². The van der Waals surface area contributed by atoms with Crippen LogP contribution in [0.25, 0.3) is 11.4 Å². The van der Waals surface area contributed by atoms with Crippen molar-refractivity contribution in [3.05, 3.63) is 52.3 Å². The van der Waals surface area contributed by atoms with Gasteiger partial charge in [-0.15, -0.1) is 11.8 Å². The number of rotatable bonds is 8. The predicted octanol–water partition coefficient (Wildman–Crippen LogP) is 4.90. The predicted molar refractivity (Wildman–Crippen MR) is 110 cm³/mol. The second-order valence-electron chi connectivity index (χ2n) is 5.60. The average molecular weight is 455 g/mol. The first-order chi connectivity index (χ1) is 14.0. The standard InChI is InChI=1S/C19H16Cl2N2O5S/c1-25-12-4-5-13(15(8-12)26-2)19-22-17(28-23-19)9-27-18(24)10-29-16-7-11(20)3-6-14(16)21/h3-8H,9-10H2,1-2H3. The van der Waals surface area contributed by atoms with Crippen molar-refractivity contribution >= 4 is 40.9 Å². The average Bonchev–Trinajstić information content (AvgIpc) is 3.21. The van der Waals surface area contributed by atoms with Crippen LogP contribution in [0.3, 0.4) is 0 Å². The third kappa shape index (κ3) is 5.56. The number of nitrogens with zero attached hydrogens (tertiary/aromatic N) is 2. The molecule has 1 aromatic heterocycles. The molecule has 3 rings (SSSR count). The highest BCUT2D eigenvalue weighted by Gasteiger charge is 2.16. The van der Waals surface area contributed by atoms with Crippen LogP contribution in [0.4, 0.5) is 0 Å². The molecule has 0 unspecified atom stereocenters. The molecule has 10 heteroatoms. The number of methoxy groups -OCH3 is 2. The largest absolute Gasteiger partial charge is 0.497 e. The Labute approximate surface area is 181 Å². The number of aromatic nitrogens is 2. The molecule has 0 amide bonds. The van der Waals surface area contributed by atoms with Crippen molar-refractivity contribution in [2.24, 2.45) is 0 Å². The number of benzene rings is 2. The molecule has 7 nitrogen and oxygen atoms in total. The quantitative estimate of drug-likeness (QED) is 0.351. The first-order valence-corrected chi connectivity index (χ1v) is 10.0. The Bertz CT molecular complexity index is 1010. The van der Waals surface area contributed by atoms with E-state index in [4.69, 9.17) is 41.9 Å². The minimum atomic E-state index is -0.451. The Hall–Kier alpha value is -2.42. The van der Waals surface area contributed by atoms with E-state index in [1.54, 1.807) is 43.5 Å². The van der Waals surface area contributed by atoms with Gasteiger partial charge in [-0.3, -0.25) is 4.79 Å². The van der Waals surface area contributed by atoms with Crippen LogP contribution >= 0.6 is 35.0 Å². The van der Waals surface area contributed by atoms with Gasteiger partial charge in [0.1, 0.15) is 11.5 Å². The van der Waals surface area contributed by atoms with Gasteiger partial charge in [0.25, 0.3) is 5.89 Å². The number of carbonyl (C=O) groups excluding carboxylic acids is 1. The van der Waals surface area contributed by atoms with Gasteiger partial charge in [0.15, 0.2) is 6.61 Å². The van der Waals surface area contributed by atoms with E-state index in [-0.39, 0.29) is 18.3 Å². The molecule has 0 saturated carbocycles. The van der Waals surface area contributed by atoms with Gasteiger partial charge in [-0.1, -0.05) is 28.4 Å². The molecule has 0 atom stereocenters. The highest BCUT2D eigenvalue weighted by Crippen LogP contribution is 2.32. The van der Waals surface area contributed by atoms with E-state index in [0.717, 1.165) is 0 Å². The van der Waals surface area contributed by atoms with Gasteiger partial charge in [-0.2, -0.15) is 4.98 Å². The fourth-order valence-corrected chi connectivity index (χ4v) is 3.61. The fourth-order valence-electron chi connectivity index (χ4n) is 2.31. The third-order valence-electron chi connectivity index (χ3n) is 3.71. The summed E-state index contributed by atoms with van der Waals surface area (Å²) < 4.78 is 20.8. The van der Waals surface area contributed by atoms with Crippen LogP contribution in [0.15, 0.2) is 45.8 Å². The summed E-state index contributed by atoms with van der Waals surface area (Å²) in [6.07, 6.45) is 0. The Kier molecular flexibility index (Phi) is 7.24. The minimum Gasteiger partial charge on any atom is -0.497 e. The molecular weight excluding hydrogens is 439 g/mol. The van der Waals surface area contributed by atoms with Gasteiger partial charge in [0.2, 0.25) is 5.82 Å². The molecular formula is C19H16Cl2N2O5S. The number of hydrogen-bond donors (Lipinski definition) is 0. The van der Waals surface area contributed by atoms with Crippen molar-refractivity contribution in [1.82, 2.24) is 10.1 Å². The topological polar surface area (TPSA) is 83.7 Å². The Morgan fingerprint density at radius 1 is 1.14 bits per heavy atom. The van der Waals surface area contributed by atoms with Gasteiger partial charge in [0, 0.05) is 16.0 Å². The molecule has 29 heavy (non-hydrogen) atoms. The zero-order chi connectivity index (χ0) is 20.8. The molecule has 0 aliphatic rings. The Balaban J connectivity index is 1.58. The van der Waals surface area contributed by atoms with Crippen molar-refractivity contribution in [1.29, 1.82) is 0 Å². The van der Waals surface area contributed by atoms with E-state index in [0.29, 0.717) is 37.8 Å². The van der Waals surface area contributed by atoms with Crippen molar-refractivity contribution in [3.63, 3.8) is 0 Å². The van der Waals surface area contributed by atoms with Crippen molar-refractivity contribution in [2.45, 2.75) is 11.5 Å². The minimum absolute atomic E-state index is 0.0629. The summed E-state index contributed by atoms with van der Waals surface area (Å²) >= 11 is 13.2. The van der Waals surface area contributed by atoms with Gasteiger partial charge in [-0.25, -0.2) is 0 Å². The van der Waals surface area contributed by atoms with Crippen molar-refractivity contribution in [2.75, 3.05) is 20.0 Å². The molecule has 0 bridgehead atoms. The first-order valence-electron chi connectivity index (χ1n) is 8.28. The summed E-state index contributed by atoms with van der Waals surface area (Å²) in [5.41, 5.74) is 0.626. The molecule has 3 aromatic rings. The van der Waals surface area contributed by atoms with E-state index < -0.39 is 5.97 Å². The van der Waals surface area contributed by atoms with E-state index in [1.807, 2.05) is 0 Å². The lowest BCUT2D eigenvalue weighted by Crippen LogP contribution is -2.07. The molecule has 0 radical (unpaired) electrons. The number of esters is 1. The van der Waals surface area contributed by atoms with Gasteiger partial charge in [-0.05, 0) is 30.3 Å². The lowest BCUT2D eigenvalue weighted by molar-refractivity contribution is -0.142. The molecule has 0 saturated heterocycles. The van der Waals surface area contributed by atoms with Crippen molar-refractivity contribution < 1.29 is 23.5 Å². The first kappa shape index (κ1) is 21.3. The highest BCUT2D eigenvalue weighted by molar-refractivity contribution is 8.00. The fraction of sp³-hybridized carbons (Fsp3) is 0.211. The number of thioether (sulfide) groups is 1. The summed E-state index contributed by atoms with van der Waals surface area (Å²) in [5.74, 6) is 1.26. The second kappa shape index (κ2) is 9.87. The molecule has 0 aliphatic heterocycles. The van der Waals surface area contributed by atoms with Crippen LogP contribution < -0.4 is 9.47 Å². The number of halogens is 2. The van der Waals surface area contributed by atoms with E-state index >= 15 is 0 Å². The molecule has 152 valence electrons. The maximum Gasteiger partial charge on any atom is 0.316 e. The second-order valence-corrected chi connectivity index (χ2v) is 7.46. The number of carbonyl (C=O) groups is 1. The molecule has 1 heterocycles. The monoisotopic (exact) mass is 454 g/mol. The van der Waals surface area contributed by atoms with Gasteiger partial charge in [0.05, 0.1) is 30.6 Å². The maximum absolute atomic E-state index is 12.0. The Morgan fingerprint density at radius 2 is 1.97 bits per heavy atom. The molecule has 0 aliphatic carbocycles. The third-order valence-corrected chi connectivity index (χ3v) is 5.42. The zero-order valence-corrected chi connectivity index (χ0v) is 17.8. The SMILES string of the molecule is COc1ccc(-c2noc(COC(=O)CSc3cc(Cl)ccc3Cl)n2)c(OC)c1. The summed E-state index contributed by atoms with van der Waals surface area (Å²) in [6.45, 7) is -0.145. The lowest BCUT2D eigenvalue weighted by Gasteiger charge is -2.07. The highest BCUT2D eigenvalue weighted by atomic mass is 35.5. The smallest absolute Gasteiger partial charge is 0.316 e. The maximum atomic E-state index is 12.0. The number of ether oxygens (including phenoxy) is 3. The molecule has 0 spiro atoms. The molecule has 2 aromatic carbocycles. The van der Waals surface area contributed by atoms with Gasteiger partial charge >= 0.3 is 5.97 Å². The van der Waals surface area contributed by atoms with E-state index in [1.165, 1.54) is 18.9 Å². The van der Waals surface area contributed by atoms with Crippen LogP contribution in [-0.2, 0) is 16.1 Å². The zero-order valence-electron chi connectivity index (χ0n) is 15.5. The van der Waals surface area contributed by atoms with Crippen LogP contribution in [0, 0.1) is 0 Å². The summed E-state index contributed by atoms with van der Waals surface area (Å²) in [5, 5.41) is 4.96. The van der Waals surface area contributed by atoms with Crippen LogP contribution in [0.2, 0.25) is 10.0 Å². The normalized spacial score (nSPS) is 10.6. The summed E-state index contributed by atoms with van der Waals surface area (Å²) in [7, 11) is 3.10. The van der Waals surface area contributed by atoms with Crippen LogP contribution in [0.1, 0.15) is 5.89 Å². The summed E-state index contributed by atoms with van der Waals surface area (Å²) in [6, 6.07) is 10.3. The van der Waals surface area contributed by atoms with E-state index in [9.17, 15) is 4.79 Å². The molecule has 0 N–H and O–H groups in total. The lowest BCUT2D eigenvalue weighted by atomic mass is 10.2. The number of hydrogen-bond acceptors (Lipinski definition) is 8. The molecule has 0 fully saturated rings. The van der Waals surface area contributed by atoms with Crippen LogP contribution in [-0.4, -0.2) is 36.1 Å². The van der Waals surface area contributed by atoms with E-state index in [2.05, 4.69) is 10.1 Å². The van der Waals surface area contributed by atoms with Gasteiger partial charge < -0.3 is 18.7 Å². The summed E-state index contributed by atoms with van der Waals surface area (Å²) in [4.78, 5) is 16.9.